The molecule has 1 aromatic carbocycles. The first kappa shape index (κ1) is 12.7. The Balaban J connectivity index is 2.62. The summed E-state index contributed by atoms with van der Waals surface area (Å²) in [5.74, 6) is -0.839. The fraction of sp³-hybridized carbons (Fsp3) is 0.300. The minimum absolute atomic E-state index is 0.0267. The van der Waals surface area contributed by atoms with Gasteiger partial charge in [0.25, 0.3) is 5.91 Å². The molecule has 1 rings (SSSR count). The van der Waals surface area contributed by atoms with E-state index in [0.29, 0.717) is 12.1 Å². The van der Waals surface area contributed by atoms with E-state index in [9.17, 15) is 9.18 Å². The monoisotopic (exact) mass is 341 g/mol. The lowest BCUT2D eigenvalue weighted by Crippen LogP contribution is -2.24. The molecule has 1 N–H and O–H groups in total. The number of rotatable bonds is 4. The van der Waals surface area contributed by atoms with Crippen LogP contribution in [0.1, 0.15) is 16.8 Å². The molecular formula is C10H10ClFINO. The van der Waals surface area contributed by atoms with Gasteiger partial charge in [0.1, 0.15) is 5.82 Å². The summed E-state index contributed by atoms with van der Waals surface area (Å²) in [6, 6.07) is 4.02. The van der Waals surface area contributed by atoms with Gasteiger partial charge in [0.2, 0.25) is 0 Å². The molecule has 1 amide bonds. The van der Waals surface area contributed by atoms with Gasteiger partial charge in [-0.1, -0.05) is 34.2 Å². The molecule has 82 valence electrons. The van der Waals surface area contributed by atoms with Crippen molar-refractivity contribution >= 4 is 40.1 Å². The maximum Gasteiger partial charge on any atom is 0.251 e. The molecule has 2 nitrogen and oxygen atoms in total. The average Bonchev–Trinajstić information content (AvgIpc) is 2.22. The molecule has 1 aromatic rings. The van der Waals surface area contributed by atoms with Crippen molar-refractivity contribution in [1.29, 1.82) is 0 Å². The van der Waals surface area contributed by atoms with E-state index >= 15 is 0 Å². The molecule has 0 radical (unpaired) electrons. The highest BCUT2D eigenvalue weighted by atomic mass is 127. The molecule has 0 unspecified atom stereocenters. The minimum Gasteiger partial charge on any atom is -0.352 e. The molecular weight excluding hydrogens is 331 g/mol. The van der Waals surface area contributed by atoms with E-state index in [2.05, 4.69) is 27.9 Å². The number of nitrogens with one attached hydrogen (secondary N) is 1. The highest BCUT2D eigenvalue weighted by molar-refractivity contribution is 14.1. The zero-order valence-electron chi connectivity index (χ0n) is 7.90. The summed E-state index contributed by atoms with van der Waals surface area (Å²) >= 11 is 7.73. The third-order valence-corrected chi connectivity index (χ3v) is 2.85. The van der Waals surface area contributed by atoms with Crippen molar-refractivity contribution in [1.82, 2.24) is 5.32 Å². The first-order chi connectivity index (χ1) is 7.15. The summed E-state index contributed by atoms with van der Waals surface area (Å²) in [5, 5.41) is 2.72. The number of carbonyl (C=O) groups is 1. The standard InChI is InChI=1S/C10H10ClFINO/c11-8-3-2-7(6-9(8)12)10(15)14-5-1-4-13/h2-3,6H,1,4-5H2,(H,14,15). The predicted molar refractivity (Wildman–Crippen MR) is 67.2 cm³/mol. The topological polar surface area (TPSA) is 29.1 Å². The van der Waals surface area contributed by atoms with Crippen molar-refractivity contribution in [3.8, 4) is 0 Å². The van der Waals surface area contributed by atoms with Gasteiger partial charge in [0.15, 0.2) is 0 Å². The van der Waals surface area contributed by atoms with Crippen LogP contribution in [0.2, 0.25) is 5.02 Å². The lowest BCUT2D eigenvalue weighted by molar-refractivity contribution is 0.0953. The van der Waals surface area contributed by atoms with Crippen molar-refractivity contribution in [3.63, 3.8) is 0 Å². The van der Waals surface area contributed by atoms with Crippen LogP contribution in [0.15, 0.2) is 18.2 Å². The molecule has 0 fully saturated rings. The van der Waals surface area contributed by atoms with Crippen LogP contribution < -0.4 is 5.32 Å². The SMILES string of the molecule is O=C(NCCCI)c1ccc(Cl)c(F)c1. The largest absolute Gasteiger partial charge is 0.352 e. The van der Waals surface area contributed by atoms with Crippen molar-refractivity contribution in [2.45, 2.75) is 6.42 Å². The van der Waals surface area contributed by atoms with Crippen molar-refractivity contribution in [2.75, 3.05) is 11.0 Å². The second kappa shape index (κ2) is 6.27. The molecule has 0 saturated heterocycles. The predicted octanol–water partition coefficient (Wildman–Crippen LogP) is 3.03. The second-order valence-corrected chi connectivity index (χ2v) is 4.41. The normalized spacial score (nSPS) is 10.1. The van der Waals surface area contributed by atoms with Crippen LogP contribution in [-0.2, 0) is 0 Å². The molecule has 5 heteroatoms. The zero-order valence-corrected chi connectivity index (χ0v) is 10.8. The van der Waals surface area contributed by atoms with Gasteiger partial charge in [-0.15, -0.1) is 0 Å². The Bertz CT molecular complexity index is 359. The Labute approximate surface area is 106 Å². The Hall–Kier alpha value is -0.360. The fourth-order valence-corrected chi connectivity index (χ4v) is 1.51. The first-order valence-electron chi connectivity index (χ1n) is 4.44. The maximum atomic E-state index is 13.0. The van der Waals surface area contributed by atoms with Crippen molar-refractivity contribution in [3.05, 3.63) is 34.6 Å². The number of benzene rings is 1. The third-order valence-electron chi connectivity index (χ3n) is 1.78. The van der Waals surface area contributed by atoms with E-state index in [1.807, 2.05) is 0 Å². The summed E-state index contributed by atoms with van der Waals surface area (Å²) in [6.07, 6.45) is 0.905. The smallest absolute Gasteiger partial charge is 0.251 e. The third kappa shape index (κ3) is 3.95. The number of carbonyl (C=O) groups excluding carboxylic acids is 1. The summed E-state index contributed by atoms with van der Waals surface area (Å²) in [4.78, 5) is 11.5. The van der Waals surface area contributed by atoms with Crippen LogP contribution in [-0.4, -0.2) is 16.9 Å². The van der Waals surface area contributed by atoms with Gasteiger partial charge >= 0.3 is 0 Å². The van der Waals surface area contributed by atoms with E-state index < -0.39 is 5.82 Å². The number of hydrogen-bond donors (Lipinski definition) is 1. The fourth-order valence-electron chi connectivity index (χ4n) is 1.01. The van der Waals surface area contributed by atoms with Gasteiger partial charge in [-0.25, -0.2) is 4.39 Å². The van der Waals surface area contributed by atoms with Crippen molar-refractivity contribution < 1.29 is 9.18 Å². The quantitative estimate of drug-likeness (QED) is 0.509. The molecule has 0 aliphatic heterocycles. The average molecular weight is 342 g/mol. The number of halogens is 3. The number of amides is 1. The lowest BCUT2D eigenvalue weighted by atomic mass is 10.2. The molecule has 0 atom stereocenters. The van der Waals surface area contributed by atoms with E-state index in [0.717, 1.165) is 16.9 Å². The van der Waals surface area contributed by atoms with Gasteiger partial charge in [-0.05, 0) is 24.6 Å². The van der Waals surface area contributed by atoms with E-state index in [-0.39, 0.29) is 10.9 Å². The molecule has 0 heterocycles. The van der Waals surface area contributed by atoms with E-state index in [1.54, 1.807) is 0 Å². The molecule has 15 heavy (non-hydrogen) atoms. The molecule has 0 aliphatic carbocycles. The Kier molecular flexibility index (Phi) is 5.31. The summed E-state index contributed by atoms with van der Waals surface area (Å²) < 4.78 is 14.0. The van der Waals surface area contributed by atoms with Crippen LogP contribution in [0.3, 0.4) is 0 Å². The molecule has 0 bridgehead atoms. The first-order valence-corrected chi connectivity index (χ1v) is 6.34. The Morgan fingerprint density at radius 2 is 2.27 bits per heavy atom. The summed E-state index contributed by atoms with van der Waals surface area (Å²) in [5.41, 5.74) is 0.297. The highest BCUT2D eigenvalue weighted by Crippen LogP contribution is 2.15. The zero-order chi connectivity index (χ0) is 11.3. The lowest BCUT2D eigenvalue weighted by Gasteiger charge is -2.04. The number of alkyl halides is 1. The summed E-state index contributed by atoms with van der Waals surface area (Å²) in [7, 11) is 0. The maximum absolute atomic E-state index is 13.0. The molecule has 0 spiro atoms. The van der Waals surface area contributed by atoms with Gasteiger partial charge in [-0.3, -0.25) is 4.79 Å². The van der Waals surface area contributed by atoms with Gasteiger partial charge in [0.05, 0.1) is 5.02 Å². The van der Waals surface area contributed by atoms with Crippen LogP contribution in [0.4, 0.5) is 4.39 Å². The second-order valence-electron chi connectivity index (χ2n) is 2.93. The van der Waals surface area contributed by atoms with Crippen LogP contribution >= 0.6 is 34.2 Å². The molecule has 0 aromatic heterocycles. The van der Waals surface area contributed by atoms with Gasteiger partial charge < -0.3 is 5.32 Å². The van der Waals surface area contributed by atoms with Gasteiger partial charge in [-0.2, -0.15) is 0 Å². The Morgan fingerprint density at radius 3 is 2.87 bits per heavy atom. The van der Waals surface area contributed by atoms with Crippen LogP contribution in [0.5, 0.6) is 0 Å². The van der Waals surface area contributed by atoms with Crippen LogP contribution in [0, 0.1) is 5.82 Å². The number of hydrogen-bond acceptors (Lipinski definition) is 1. The van der Waals surface area contributed by atoms with Crippen molar-refractivity contribution in [2.24, 2.45) is 0 Å². The highest BCUT2D eigenvalue weighted by Gasteiger charge is 2.07. The van der Waals surface area contributed by atoms with E-state index in [1.165, 1.54) is 12.1 Å². The minimum atomic E-state index is -0.571. The molecule has 0 saturated carbocycles. The summed E-state index contributed by atoms with van der Waals surface area (Å²) in [6.45, 7) is 0.603. The Morgan fingerprint density at radius 1 is 1.53 bits per heavy atom. The van der Waals surface area contributed by atoms with Crippen LogP contribution in [0.25, 0.3) is 0 Å². The van der Waals surface area contributed by atoms with Gasteiger partial charge in [0, 0.05) is 16.5 Å². The van der Waals surface area contributed by atoms with E-state index in [4.69, 9.17) is 11.6 Å². The molecule has 0 aliphatic rings.